The quantitative estimate of drug-likeness (QED) is 0.148. The normalized spacial score (nSPS) is 11.7. The van der Waals surface area contributed by atoms with Crippen LogP contribution in [0.25, 0.3) is 134 Å². The highest BCUT2D eigenvalue weighted by molar-refractivity contribution is 6.26. The predicted octanol–water partition coefficient (Wildman–Crippen LogP) is 14.9. The van der Waals surface area contributed by atoms with Gasteiger partial charge >= 0.3 is 0 Å². The number of fused-ring (bicyclic) bond motifs is 10. The van der Waals surface area contributed by atoms with Gasteiger partial charge in [-0.05, 0) is 64.0 Å². The second kappa shape index (κ2) is 16.0. The standard InChI is InChI=1S/C62H38N8/c1-4-18-40(19-5-1)57-63-58(66-61(65-57)50-28-16-27-46-45-24-11-10-17-39(45)33-36-47(46)50)43-31-34-44(35-32-43)69-52-29-14-12-25-48(52)49-37-38-54-55(56(49)69)51-26-13-15-30-53(51)70(54)62-67-59(41-20-6-2-7-21-41)64-60(68-62)42-22-8-3-9-23-42/h1-38H. The van der Waals surface area contributed by atoms with Crippen LogP contribution in [0.3, 0.4) is 0 Å². The molecule has 0 amide bonds. The van der Waals surface area contributed by atoms with Gasteiger partial charge in [0.25, 0.3) is 0 Å². The van der Waals surface area contributed by atoms with E-state index in [2.05, 4.69) is 149 Å². The van der Waals surface area contributed by atoms with Gasteiger partial charge in [0.1, 0.15) is 0 Å². The number of hydrogen-bond acceptors (Lipinski definition) is 6. The van der Waals surface area contributed by atoms with Crippen LogP contribution in [0.5, 0.6) is 0 Å². The minimum Gasteiger partial charge on any atom is -0.309 e. The van der Waals surface area contributed by atoms with E-state index in [4.69, 9.17) is 29.9 Å². The molecule has 0 saturated carbocycles. The Morgan fingerprint density at radius 3 is 1.39 bits per heavy atom. The summed E-state index contributed by atoms with van der Waals surface area (Å²) in [5.41, 5.74) is 9.80. The van der Waals surface area contributed by atoms with Gasteiger partial charge in [0.15, 0.2) is 29.1 Å². The van der Waals surface area contributed by atoms with Gasteiger partial charge in [-0.25, -0.2) is 19.9 Å². The molecule has 0 radical (unpaired) electrons. The van der Waals surface area contributed by atoms with Crippen molar-refractivity contribution in [2.45, 2.75) is 0 Å². The zero-order chi connectivity index (χ0) is 46.1. The molecule has 10 aromatic carbocycles. The molecule has 8 heteroatoms. The Morgan fingerprint density at radius 1 is 0.257 bits per heavy atom. The topological polar surface area (TPSA) is 87.2 Å². The Bertz CT molecular complexity index is 4280. The number of rotatable bonds is 7. The highest BCUT2D eigenvalue weighted by Gasteiger charge is 2.23. The maximum atomic E-state index is 5.23. The lowest BCUT2D eigenvalue weighted by Crippen LogP contribution is -2.06. The molecule has 70 heavy (non-hydrogen) atoms. The van der Waals surface area contributed by atoms with Crippen LogP contribution in [0.15, 0.2) is 231 Å². The molecule has 14 rings (SSSR count). The van der Waals surface area contributed by atoms with E-state index in [0.29, 0.717) is 35.1 Å². The summed E-state index contributed by atoms with van der Waals surface area (Å²) in [4.78, 5) is 30.9. The minimum atomic E-state index is 0.550. The van der Waals surface area contributed by atoms with Crippen molar-refractivity contribution in [3.05, 3.63) is 231 Å². The fraction of sp³-hybridized carbons (Fsp3) is 0. The molecule has 8 nitrogen and oxygen atoms in total. The van der Waals surface area contributed by atoms with E-state index >= 15 is 0 Å². The second-order valence-corrected chi connectivity index (χ2v) is 17.5. The third-order valence-corrected chi connectivity index (χ3v) is 13.4. The summed E-state index contributed by atoms with van der Waals surface area (Å²) in [5.74, 6) is 3.61. The molecule has 0 aliphatic rings. The first-order valence-electron chi connectivity index (χ1n) is 23.4. The highest BCUT2D eigenvalue weighted by Crippen LogP contribution is 2.42. The van der Waals surface area contributed by atoms with Crippen LogP contribution in [-0.2, 0) is 0 Å². The molecule has 0 saturated heterocycles. The molecule has 4 aromatic heterocycles. The van der Waals surface area contributed by atoms with Gasteiger partial charge in [-0.3, -0.25) is 4.57 Å². The summed E-state index contributed by atoms with van der Waals surface area (Å²) in [6, 6.07) is 79.9. The summed E-state index contributed by atoms with van der Waals surface area (Å²) in [6.45, 7) is 0. The van der Waals surface area contributed by atoms with Crippen molar-refractivity contribution >= 4 is 65.2 Å². The molecule has 0 fully saturated rings. The number of nitrogens with zero attached hydrogens (tertiary/aromatic N) is 8. The molecular weight excluding hydrogens is 857 g/mol. The monoisotopic (exact) mass is 894 g/mol. The van der Waals surface area contributed by atoms with E-state index in [0.717, 1.165) is 87.9 Å². The molecule has 0 aliphatic heterocycles. The molecule has 0 atom stereocenters. The van der Waals surface area contributed by atoms with Crippen molar-refractivity contribution in [1.29, 1.82) is 0 Å². The van der Waals surface area contributed by atoms with Gasteiger partial charge in [-0.1, -0.05) is 188 Å². The smallest absolute Gasteiger partial charge is 0.238 e. The second-order valence-electron chi connectivity index (χ2n) is 17.5. The Balaban J connectivity index is 0.962. The van der Waals surface area contributed by atoms with Gasteiger partial charge < -0.3 is 4.57 Å². The van der Waals surface area contributed by atoms with E-state index in [9.17, 15) is 0 Å². The van der Waals surface area contributed by atoms with Crippen LogP contribution in [-0.4, -0.2) is 39.0 Å². The lowest BCUT2D eigenvalue weighted by Gasteiger charge is -2.13. The van der Waals surface area contributed by atoms with Gasteiger partial charge in [0.2, 0.25) is 5.95 Å². The van der Waals surface area contributed by atoms with E-state index in [1.165, 1.54) is 10.8 Å². The summed E-state index contributed by atoms with van der Waals surface area (Å²) < 4.78 is 4.58. The van der Waals surface area contributed by atoms with E-state index in [-0.39, 0.29) is 0 Å². The van der Waals surface area contributed by atoms with Crippen molar-refractivity contribution in [3.8, 4) is 68.6 Å². The van der Waals surface area contributed by atoms with Crippen molar-refractivity contribution in [2.24, 2.45) is 0 Å². The Hall–Kier alpha value is -9.66. The number of benzene rings is 10. The average Bonchev–Trinajstić information content (AvgIpc) is 3.96. The predicted molar refractivity (Wildman–Crippen MR) is 284 cm³/mol. The van der Waals surface area contributed by atoms with E-state index in [1.807, 2.05) is 91.0 Å². The summed E-state index contributed by atoms with van der Waals surface area (Å²) in [7, 11) is 0. The van der Waals surface area contributed by atoms with E-state index in [1.54, 1.807) is 0 Å². The van der Waals surface area contributed by atoms with Crippen molar-refractivity contribution in [1.82, 2.24) is 39.0 Å². The Morgan fingerprint density at radius 2 is 0.743 bits per heavy atom. The van der Waals surface area contributed by atoms with E-state index < -0.39 is 0 Å². The fourth-order valence-corrected chi connectivity index (χ4v) is 10.2. The van der Waals surface area contributed by atoms with Crippen LogP contribution in [0.1, 0.15) is 0 Å². The van der Waals surface area contributed by atoms with Gasteiger partial charge in [-0.15, -0.1) is 0 Å². The first-order valence-corrected chi connectivity index (χ1v) is 23.4. The van der Waals surface area contributed by atoms with Crippen LogP contribution in [0, 0.1) is 0 Å². The van der Waals surface area contributed by atoms with Crippen LogP contribution < -0.4 is 0 Å². The zero-order valence-corrected chi connectivity index (χ0v) is 37.5. The van der Waals surface area contributed by atoms with Crippen LogP contribution in [0.2, 0.25) is 0 Å². The van der Waals surface area contributed by atoms with Crippen molar-refractivity contribution in [3.63, 3.8) is 0 Å². The number of para-hydroxylation sites is 2. The van der Waals surface area contributed by atoms with Gasteiger partial charge in [-0.2, -0.15) is 9.97 Å². The first-order chi connectivity index (χ1) is 34.7. The third-order valence-electron chi connectivity index (χ3n) is 13.4. The van der Waals surface area contributed by atoms with Crippen molar-refractivity contribution in [2.75, 3.05) is 0 Å². The maximum absolute atomic E-state index is 5.23. The molecule has 0 spiro atoms. The molecule has 4 heterocycles. The minimum absolute atomic E-state index is 0.550. The average molecular weight is 895 g/mol. The largest absolute Gasteiger partial charge is 0.309 e. The number of aromatic nitrogens is 8. The molecule has 326 valence electrons. The molecule has 0 N–H and O–H groups in total. The molecule has 0 aliphatic carbocycles. The number of hydrogen-bond donors (Lipinski definition) is 0. The highest BCUT2D eigenvalue weighted by atomic mass is 15.2. The lowest BCUT2D eigenvalue weighted by atomic mass is 9.98. The SMILES string of the molecule is c1ccc(-c2nc(-c3ccc(-n4c5ccccc5c5ccc6c(c7ccccc7n6-c6nc(-c7ccccc7)nc(-c7ccccc7)n6)c54)cc3)nc(-c3cccc4c3ccc3ccccc34)n2)cc1. The summed E-state index contributed by atoms with van der Waals surface area (Å²) in [5, 5.41) is 9.16. The lowest BCUT2D eigenvalue weighted by molar-refractivity contribution is 0.953. The molecule has 0 unspecified atom stereocenters. The van der Waals surface area contributed by atoms with Crippen molar-refractivity contribution < 1.29 is 0 Å². The van der Waals surface area contributed by atoms with Crippen LogP contribution >= 0.6 is 0 Å². The molecule has 0 bridgehead atoms. The third kappa shape index (κ3) is 6.38. The maximum Gasteiger partial charge on any atom is 0.238 e. The fourth-order valence-electron chi connectivity index (χ4n) is 10.2. The summed E-state index contributed by atoms with van der Waals surface area (Å²) >= 11 is 0. The molecule has 14 aromatic rings. The van der Waals surface area contributed by atoms with Gasteiger partial charge in [0.05, 0.1) is 22.1 Å². The summed E-state index contributed by atoms with van der Waals surface area (Å²) in [6.07, 6.45) is 0. The van der Waals surface area contributed by atoms with Crippen LogP contribution in [0.4, 0.5) is 0 Å². The molecular formula is C62H38N8. The Kier molecular flexibility index (Phi) is 9.03. The Labute approximate surface area is 401 Å². The van der Waals surface area contributed by atoms with Gasteiger partial charge in [0, 0.05) is 55.0 Å². The first kappa shape index (κ1) is 39.5. The zero-order valence-electron chi connectivity index (χ0n) is 37.5.